The first-order valence-electron chi connectivity index (χ1n) is 18.2. The van der Waals surface area contributed by atoms with Crippen LogP contribution in [0.3, 0.4) is 0 Å². The van der Waals surface area contributed by atoms with Crippen LogP contribution in [0, 0.1) is 25.6 Å². The minimum Gasteiger partial charge on any atom is -0.448 e. The van der Waals surface area contributed by atoms with Crippen LogP contribution < -0.4 is 5.32 Å². The zero-order valence-electron chi connectivity index (χ0n) is 31.3. The van der Waals surface area contributed by atoms with Crippen molar-refractivity contribution in [2.24, 2.45) is 5.92 Å². The van der Waals surface area contributed by atoms with Crippen molar-refractivity contribution in [2.75, 3.05) is 77.4 Å². The maximum Gasteiger partial charge on any atom is 0.416 e. The zero-order valence-corrected chi connectivity index (χ0v) is 31.3. The van der Waals surface area contributed by atoms with E-state index in [4.69, 9.17) is 9.47 Å². The number of benzene rings is 1. The van der Waals surface area contributed by atoms with E-state index in [-0.39, 0.29) is 36.6 Å². The molecule has 2 aromatic rings. The highest BCUT2D eigenvalue weighted by Gasteiger charge is 2.31. The standard InChI is InChI=1S/C38H55FN6O6/c1-8-42(9-2)15-18-45(38(49)51-21-19-43-13-16-44(17-14-43)34(46)22-26(5)50-20-12-25(3)4)37(48)35-27(6)33(40-28(35)7)24-31-30-23-29(39)10-11-32(30)41-36(31)47/h10-11,23-26,40H,8-9,12-22H2,1-7H3,(H,41,47)/b31-24-. The van der Waals surface area contributed by atoms with Crippen LogP contribution in [0.4, 0.5) is 14.9 Å². The molecule has 2 aliphatic heterocycles. The number of fused-ring (bicyclic) bond motifs is 1. The fraction of sp³-hybridized carbons (Fsp3) is 0.579. The number of aromatic nitrogens is 1. The lowest BCUT2D eigenvalue weighted by Crippen LogP contribution is -2.50. The van der Waals surface area contributed by atoms with Crippen LogP contribution in [-0.2, 0) is 19.1 Å². The number of anilines is 1. The number of likely N-dealkylation sites (N-methyl/N-ethyl adjacent to an activating group) is 1. The lowest BCUT2D eigenvalue weighted by molar-refractivity contribution is -0.135. The number of piperazine rings is 1. The monoisotopic (exact) mass is 710 g/mol. The molecule has 4 rings (SSSR count). The summed E-state index contributed by atoms with van der Waals surface area (Å²) in [6.07, 6.45) is 2.08. The summed E-state index contributed by atoms with van der Waals surface area (Å²) in [6.45, 7) is 19.6. The summed E-state index contributed by atoms with van der Waals surface area (Å²) in [5.74, 6) is -0.693. The van der Waals surface area contributed by atoms with Gasteiger partial charge in [0, 0.05) is 75.1 Å². The summed E-state index contributed by atoms with van der Waals surface area (Å²) in [5, 5.41) is 2.74. The molecule has 3 heterocycles. The van der Waals surface area contributed by atoms with Crippen molar-refractivity contribution in [3.63, 3.8) is 0 Å². The van der Waals surface area contributed by atoms with Gasteiger partial charge in [0.1, 0.15) is 12.4 Å². The quantitative estimate of drug-likeness (QED) is 0.229. The van der Waals surface area contributed by atoms with E-state index in [0.29, 0.717) is 92.0 Å². The molecule has 1 atom stereocenters. The Hall–Kier alpha value is -4.07. The molecule has 0 bridgehead atoms. The molecule has 13 heteroatoms. The van der Waals surface area contributed by atoms with Crippen molar-refractivity contribution in [1.82, 2.24) is 24.6 Å². The van der Waals surface area contributed by atoms with Gasteiger partial charge in [0.15, 0.2) is 0 Å². The lowest BCUT2D eigenvalue weighted by Gasteiger charge is -2.35. The first-order valence-corrected chi connectivity index (χ1v) is 18.2. The molecule has 12 nitrogen and oxygen atoms in total. The van der Waals surface area contributed by atoms with Crippen molar-refractivity contribution in [3.05, 3.63) is 52.1 Å². The molecule has 0 spiro atoms. The van der Waals surface area contributed by atoms with Gasteiger partial charge >= 0.3 is 6.09 Å². The van der Waals surface area contributed by atoms with Gasteiger partial charge in [0.2, 0.25) is 5.91 Å². The van der Waals surface area contributed by atoms with E-state index < -0.39 is 17.8 Å². The van der Waals surface area contributed by atoms with E-state index in [2.05, 4.69) is 33.9 Å². The number of imide groups is 1. The summed E-state index contributed by atoms with van der Waals surface area (Å²) in [6, 6.07) is 4.10. The topological polar surface area (TPSA) is 128 Å². The summed E-state index contributed by atoms with van der Waals surface area (Å²) < 4.78 is 25.5. The Labute approximate surface area is 301 Å². The SMILES string of the molecule is CCN(CC)CCN(C(=O)OCCN1CCN(C(=O)CC(C)OCCC(C)C)CC1)C(=O)c1c(C)[nH]c(/C=C2\C(=O)Nc3ccc(F)cc32)c1C. The van der Waals surface area contributed by atoms with E-state index in [1.807, 2.05) is 25.7 Å². The molecule has 0 radical (unpaired) electrons. The number of hydrogen-bond acceptors (Lipinski definition) is 8. The molecule has 1 fully saturated rings. The minimum absolute atomic E-state index is 0.0837. The van der Waals surface area contributed by atoms with E-state index >= 15 is 0 Å². The fourth-order valence-corrected chi connectivity index (χ4v) is 6.38. The third-order valence-electron chi connectivity index (χ3n) is 9.66. The van der Waals surface area contributed by atoms with Crippen LogP contribution >= 0.6 is 0 Å². The number of carbonyl (C=O) groups is 4. The van der Waals surface area contributed by atoms with Gasteiger partial charge in [-0.15, -0.1) is 0 Å². The number of ether oxygens (including phenoxy) is 2. The Bertz CT molecular complexity index is 1580. The van der Waals surface area contributed by atoms with Gasteiger partial charge in [-0.3, -0.25) is 19.3 Å². The van der Waals surface area contributed by atoms with Crippen molar-refractivity contribution in [1.29, 1.82) is 0 Å². The van der Waals surface area contributed by atoms with E-state index in [9.17, 15) is 23.6 Å². The maximum atomic E-state index is 14.1. The Morgan fingerprint density at radius 3 is 2.39 bits per heavy atom. The fourth-order valence-electron chi connectivity index (χ4n) is 6.38. The molecule has 1 aromatic carbocycles. The van der Waals surface area contributed by atoms with Gasteiger partial charge < -0.3 is 29.6 Å². The van der Waals surface area contributed by atoms with Crippen LogP contribution in [0.1, 0.15) is 80.3 Å². The first kappa shape index (κ1) is 39.7. The zero-order chi connectivity index (χ0) is 37.2. The van der Waals surface area contributed by atoms with E-state index in [0.717, 1.165) is 24.4 Å². The van der Waals surface area contributed by atoms with Gasteiger partial charge in [-0.05, 0) is 76.0 Å². The second-order valence-electron chi connectivity index (χ2n) is 13.8. The number of rotatable bonds is 16. The first-order chi connectivity index (χ1) is 24.3. The number of carbonyl (C=O) groups excluding carboxylic acids is 4. The predicted octanol–water partition coefficient (Wildman–Crippen LogP) is 5.17. The summed E-state index contributed by atoms with van der Waals surface area (Å²) >= 11 is 0. The molecule has 1 saturated heterocycles. The number of hydrogen-bond donors (Lipinski definition) is 2. The third kappa shape index (κ3) is 10.5. The smallest absolute Gasteiger partial charge is 0.416 e. The van der Waals surface area contributed by atoms with Gasteiger partial charge in [0.25, 0.3) is 11.8 Å². The van der Waals surface area contributed by atoms with Crippen LogP contribution in [0.15, 0.2) is 18.2 Å². The third-order valence-corrected chi connectivity index (χ3v) is 9.66. The van der Waals surface area contributed by atoms with Crippen molar-refractivity contribution in [2.45, 2.75) is 67.4 Å². The van der Waals surface area contributed by atoms with Gasteiger partial charge in [-0.25, -0.2) is 14.1 Å². The molecule has 2 aliphatic rings. The number of amides is 4. The molecule has 0 aliphatic carbocycles. The Kier molecular flexibility index (Phi) is 14.4. The highest BCUT2D eigenvalue weighted by Crippen LogP contribution is 2.34. The molecule has 1 aromatic heterocycles. The van der Waals surface area contributed by atoms with Crippen molar-refractivity contribution >= 4 is 41.2 Å². The van der Waals surface area contributed by atoms with Crippen molar-refractivity contribution in [3.8, 4) is 0 Å². The normalized spacial score (nSPS) is 16.2. The van der Waals surface area contributed by atoms with Crippen molar-refractivity contribution < 1.29 is 33.0 Å². The number of nitrogens with zero attached hydrogens (tertiary/aromatic N) is 4. The van der Waals surface area contributed by atoms with Gasteiger partial charge in [0.05, 0.1) is 23.7 Å². The summed E-state index contributed by atoms with van der Waals surface area (Å²) in [4.78, 5) is 63.6. The van der Waals surface area contributed by atoms with Crippen LogP contribution in [-0.4, -0.2) is 127 Å². The highest BCUT2D eigenvalue weighted by molar-refractivity contribution is 6.35. The highest BCUT2D eigenvalue weighted by atomic mass is 19.1. The molecule has 2 N–H and O–H groups in total. The minimum atomic E-state index is -0.730. The number of H-pyrrole nitrogens is 1. The summed E-state index contributed by atoms with van der Waals surface area (Å²) in [5.41, 5.74) is 3.15. The molecule has 280 valence electrons. The molecule has 4 amide bonds. The number of nitrogens with one attached hydrogen (secondary N) is 2. The Morgan fingerprint density at radius 2 is 1.73 bits per heavy atom. The number of halogens is 1. The molecular weight excluding hydrogens is 655 g/mol. The average molecular weight is 711 g/mol. The summed E-state index contributed by atoms with van der Waals surface area (Å²) in [7, 11) is 0. The van der Waals surface area contributed by atoms with E-state index in [1.165, 1.54) is 18.2 Å². The maximum absolute atomic E-state index is 14.1. The Balaban J connectivity index is 1.38. The van der Waals surface area contributed by atoms with Gasteiger partial charge in [-0.2, -0.15) is 0 Å². The van der Waals surface area contributed by atoms with E-state index in [1.54, 1.807) is 19.9 Å². The van der Waals surface area contributed by atoms with Crippen LogP contribution in [0.25, 0.3) is 11.6 Å². The molecule has 1 unspecified atom stereocenters. The largest absolute Gasteiger partial charge is 0.448 e. The molecule has 0 saturated carbocycles. The predicted molar refractivity (Wildman–Crippen MR) is 196 cm³/mol. The van der Waals surface area contributed by atoms with Crippen LogP contribution in [0.2, 0.25) is 0 Å². The Morgan fingerprint density at radius 1 is 1.02 bits per heavy atom. The second-order valence-corrected chi connectivity index (χ2v) is 13.8. The number of aromatic amines is 1. The molecule has 51 heavy (non-hydrogen) atoms. The second kappa shape index (κ2) is 18.4. The molecular formula is C38H55FN6O6. The van der Waals surface area contributed by atoms with Gasteiger partial charge in [-0.1, -0.05) is 27.7 Å². The number of aryl methyl sites for hydroxylation is 1. The lowest BCUT2D eigenvalue weighted by atomic mass is 10.0. The average Bonchev–Trinajstić information content (AvgIpc) is 3.55. The van der Waals surface area contributed by atoms with Crippen LogP contribution in [0.5, 0.6) is 0 Å².